The van der Waals surface area contributed by atoms with Crippen LogP contribution >= 0.6 is 15.9 Å². The van der Waals surface area contributed by atoms with Crippen molar-refractivity contribution in [2.75, 3.05) is 6.54 Å². The van der Waals surface area contributed by atoms with E-state index in [0.29, 0.717) is 12.5 Å². The van der Waals surface area contributed by atoms with Gasteiger partial charge in [0.25, 0.3) is 0 Å². The van der Waals surface area contributed by atoms with Gasteiger partial charge in [0.05, 0.1) is 6.33 Å². The van der Waals surface area contributed by atoms with Crippen molar-refractivity contribution in [3.8, 4) is 0 Å². The number of alkyl halides is 1. The predicted molar refractivity (Wildman–Crippen MR) is 99.6 cm³/mol. The topological polar surface area (TPSA) is 54.7 Å². The second-order valence-electron chi connectivity index (χ2n) is 5.25. The van der Waals surface area contributed by atoms with Crippen LogP contribution in [0.3, 0.4) is 0 Å². The van der Waals surface area contributed by atoms with E-state index in [4.69, 9.17) is 5.73 Å². The fraction of sp³-hybridized carbons (Fsp3) is 0.211. The van der Waals surface area contributed by atoms with Gasteiger partial charge in [0.2, 0.25) is 0 Å². The van der Waals surface area contributed by atoms with Crippen molar-refractivity contribution < 1.29 is 0 Å². The van der Waals surface area contributed by atoms with Gasteiger partial charge in [-0.3, -0.25) is 0 Å². The van der Waals surface area contributed by atoms with Crippen LogP contribution in [0.2, 0.25) is 0 Å². The molecule has 0 aliphatic rings. The summed E-state index contributed by atoms with van der Waals surface area (Å²) in [7, 11) is 0. The van der Waals surface area contributed by atoms with Crippen LogP contribution in [0.4, 0.5) is 0 Å². The summed E-state index contributed by atoms with van der Waals surface area (Å²) in [6, 6.07) is 20.7. The second-order valence-corrected chi connectivity index (χ2v) is 5.81. The van der Waals surface area contributed by atoms with E-state index in [0.717, 1.165) is 17.4 Å². The van der Waals surface area contributed by atoms with Crippen LogP contribution in [0.25, 0.3) is 0 Å². The SMILES string of the molecule is BrCc1ccccc1.NCC(Cc1ccccc1)c1cnc[nH]1. The molecule has 0 aliphatic carbocycles. The molecule has 1 aromatic heterocycles. The predicted octanol–water partition coefficient (Wildman–Crippen LogP) is 4.28. The normalized spacial score (nSPS) is 11.4. The van der Waals surface area contributed by atoms with Gasteiger partial charge in [-0.05, 0) is 17.5 Å². The highest BCUT2D eigenvalue weighted by atomic mass is 79.9. The van der Waals surface area contributed by atoms with Crippen molar-refractivity contribution in [2.45, 2.75) is 17.7 Å². The summed E-state index contributed by atoms with van der Waals surface area (Å²) in [5, 5.41) is 0.952. The number of nitrogens with two attached hydrogens (primary N) is 1. The molecule has 0 saturated carbocycles. The molecular formula is C19H22BrN3. The molecule has 4 heteroatoms. The number of hydrogen-bond acceptors (Lipinski definition) is 2. The summed E-state index contributed by atoms with van der Waals surface area (Å²) < 4.78 is 0. The molecular weight excluding hydrogens is 350 g/mol. The Morgan fingerprint density at radius 2 is 1.57 bits per heavy atom. The van der Waals surface area contributed by atoms with Gasteiger partial charge in [0, 0.05) is 29.7 Å². The van der Waals surface area contributed by atoms with Crippen molar-refractivity contribution in [3.05, 3.63) is 90.0 Å². The Balaban J connectivity index is 0.000000203. The maximum Gasteiger partial charge on any atom is 0.0921 e. The highest BCUT2D eigenvalue weighted by Crippen LogP contribution is 2.17. The van der Waals surface area contributed by atoms with Crippen molar-refractivity contribution in [3.63, 3.8) is 0 Å². The fourth-order valence-electron chi connectivity index (χ4n) is 2.28. The molecule has 0 aliphatic heterocycles. The molecule has 0 radical (unpaired) electrons. The lowest BCUT2D eigenvalue weighted by Crippen LogP contribution is -2.15. The van der Waals surface area contributed by atoms with E-state index in [-0.39, 0.29) is 0 Å². The lowest BCUT2D eigenvalue weighted by molar-refractivity contribution is 0.676. The average Bonchev–Trinajstić information content (AvgIpc) is 3.16. The summed E-state index contributed by atoms with van der Waals surface area (Å²) in [6.07, 6.45) is 4.50. The molecule has 0 saturated heterocycles. The van der Waals surface area contributed by atoms with Gasteiger partial charge in [-0.1, -0.05) is 76.6 Å². The highest BCUT2D eigenvalue weighted by Gasteiger charge is 2.11. The number of H-pyrrole nitrogens is 1. The third kappa shape index (κ3) is 6.00. The summed E-state index contributed by atoms with van der Waals surface area (Å²) in [5.41, 5.74) is 9.51. The number of nitrogens with one attached hydrogen (secondary N) is 1. The summed E-state index contributed by atoms with van der Waals surface area (Å²) in [6.45, 7) is 0.636. The number of imidazole rings is 1. The number of aromatic amines is 1. The zero-order valence-electron chi connectivity index (χ0n) is 13.0. The van der Waals surface area contributed by atoms with Gasteiger partial charge in [-0.25, -0.2) is 4.98 Å². The smallest absolute Gasteiger partial charge is 0.0921 e. The molecule has 3 N–H and O–H groups in total. The van der Waals surface area contributed by atoms with Gasteiger partial charge in [0.1, 0.15) is 0 Å². The molecule has 3 aromatic rings. The zero-order valence-corrected chi connectivity index (χ0v) is 14.6. The zero-order chi connectivity index (χ0) is 16.3. The molecule has 23 heavy (non-hydrogen) atoms. The number of rotatable bonds is 5. The molecule has 0 bridgehead atoms. The van der Waals surface area contributed by atoms with E-state index in [1.54, 1.807) is 6.33 Å². The molecule has 0 spiro atoms. The fourth-order valence-corrected chi connectivity index (χ4v) is 2.65. The Bertz CT molecular complexity index is 639. The number of nitrogens with zero attached hydrogens (tertiary/aromatic N) is 1. The van der Waals surface area contributed by atoms with Gasteiger partial charge in [-0.15, -0.1) is 0 Å². The Morgan fingerprint density at radius 3 is 2.00 bits per heavy atom. The number of aromatic nitrogens is 2. The molecule has 3 nitrogen and oxygen atoms in total. The van der Waals surface area contributed by atoms with Crippen LogP contribution in [0.5, 0.6) is 0 Å². The van der Waals surface area contributed by atoms with E-state index in [1.165, 1.54) is 11.1 Å². The number of hydrogen-bond donors (Lipinski definition) is 2. The lowest BCUT2D eigenvalue weighted by Gasteiger charge is -2.12. The van der Waals surface area contributed by atoms with Crippen molar-refractivity contribution >= 4 is 15.9 Å². The molecule has 0 fully saturated rings. The van der Waals surface area contributed by atoms with Crippen LogP contribution in [0.1, 0.15) is 22.7 Å². The first kappa shape index (κ1) is 17.4. The van der Waals surface area contributed by atoms with Crippen LogP contribution in [-0.2, 0) is 11.8 Å². The Morgan fingerprint density at radius 1 is 0.957 bits per heavy atom. The van der Waals surface area contributed by atoms with Crippen molar-refractivity contribution in [2.24, 2.45) is 5.73 Å². The van der Waals surface area contributed by atoms with E-state index in [2.05, 4.69) is 62.3 Å². The minimum atomic E-state index is 0.329. The van der Waals surface area contributed by atoms with Gasteiger partial charge < -0.3 is 10.7 Å². The highest BCUT2D eigenvalue weighted by molar-refractivity contribution is 9.08. The van der Waals surface area contributed by atoms with E-state index < -0.39 is 0 Å². The maximum atomic E-state index is 5.76. The summed E-state index contributed by atoms with van der Waals surface area (Å²) in [5.74, 6) is 0.329. The third-order valence-corrected chi connectivity index (χ3v) is 4.21. The van der Waals surface area contributed by atoms with Crippen molar-refractivity contribution in [1.82, 2.24) is 9.97 Å². The van der Waals surface area contributed by atoms with E-state index in [1.807, 2.05) is 30.5 Å². The second kappa shape index (κ2) is 9.98. The molecule has 1 unspecified atom stereocenters. The van der Waals surface area contributed by atoms with Crippen LogP contribution in [0.15, 0.2) is 73.2 Å². The van der Waals surface area contributed by atoms with Crippen LogP contribution < -0.4 is 5.73 Å². The van der Waals surface area contributed by atoms with Gasteiger partial charge >= 0.3 is 0 Å². The minimum absolute atomic E-state index is 0.329. The Hall–Kier alpha value is -1.91. The van der Waals surface area contributed by atoms with Crippen LogP contribution in [-0.4, -0.2) is 16.5 Å². The van der Waals surface area contributed by atoms with Gasteiger partial charge in [-0.2, -0.15) is 0 Å². The molecule has 1 heterocycles. The molecule has 120 valence electrons. The first-order valence-electron chi connectivity index (χ1n) is 7.65. The first-order valence-corrected chi connectivity index (χ1v) is 8.77. The standard InChI is InChI=1S/C12H15N3.C7H7Br/c13-7-11(12-8-14-9-15-12)6-10-4-2-1-3-5-10;8-6-7-4-2-1-3-5-7/h1-5,8-9,11H,6-7,13H2,(H,14,15);1-5H,6H2. The summed E-state index contributed by atoms with van der Waals surface area (Å²) in [4.78, 5) is 7.14. The Kier molecular flexibility index (Phi) is 7.57. The monoisotopic (exact) mass is 371 g/mol. The third-order valence-electron chi connectivity index (χ3n) is 3.57. The Labute approximate surface area is 146 Å². The number of benzene rings is 2. The largest absolute Gasteiger partial charge is 0.348 e. The van der Waals surface area contributed by atoms with Crippen molar-refractivity contribution in [1.29, 1.82) is 0 Å². The average molecular weight is 372 g/mol. The van der Waals surface area contributed by atoms with E-state index >= 15 is 0 Å². The van der Waals surface area contributed by atoms with E-state index in [9.17, 15) is 0 Å². The first-order chi connectivity index (χ1) is 11.3. The maximum absolute atomic E-state index is 5.76. The number of halogens is 1. The van der Waals surface area contributed by atoms with Crippen LogP contribution in [0, 0.1) is 0 Å². The molecule has 0 amide bonds. The van der Waals surface area contributed by atoms with Gasteiger partial charge in [0.15, 0.2) is 0 Å². The molecule has 1 atom stereocenters. The molecule has 3 rings (SSSR count). The quantitative estimate of drug-likeness (QED) is 0.657. The summed E-state index contributed by atoms with van der Waals surface area (Å²) >= 11 is 3.36. The minimum Gasteiger partial charge on any atom is -0.348 e. The molecule has 2 aromatic carbocycles. The lowest BCUT2D eigenvalue weighted by atomic mass is 9.97.